The summed E-state index contributed by atoms with van der Waals surface area (Å²) in [6.07, 6.45) is 2.47. The van der Waals surface area contributed by atoms with Crippen molar-refractivity contribution in [1.29, 1.82) is 0 Å². The molecule has 19 heavy (non-hydrogen) atoms. The first-order valence-electron chi connectivity index (χ1n) is 6.76. The molecule has 1 unspecified atom stereocenters. The van der Waals surface area contributed by atoms with Gasteiger partial charge in [-0.05, 0) is 24.8 Å². The van der Waals surface area contributed by atoms with E-state index in [2.05, 4.69) is 5.32 Å². The van der Waals surface area contributed by atoms with Gasteiger partial charge >= 0.3 is 0 Å². The van der Waals surface area contributed by atoms with Crippen LogP contribution < -0.4 is 16.6 Å². The van der Waals surface area contributed by atoms with Crippen LogP contribution in [0.1, 0.15) is 12.8 Å². The molecular formula is C15H19N3O. The van der Waals surface area contributed by atoms with Gasteiger partial charge in [0.05, 0.1) is 5.52 Å². The second-order valence-corrected chi connectivity index (χ2v) is 5.30. The largest absolute Gasteiger partial charge is 0.380 e. The first kappa shape index (κ1) is 12.2. The fraction of sp³-hybridized carbons (Fsp3) is 0.400. The molecule has 1 aliphatic rings. The average molecular weight is 257 g/mol. The monoisotopic (exact) mass is 257 g/mol. The molecule has 1 heterocycles. The van der Waals surface area contributed by atoms with Crippen molar-refractivity contribution in [3.05, 3.63) is 40.7 Å². The number of aromatic nitrogens is 1. The van der Waals surface area contributed by atoms with Crippen molar-refractivity contribution in [1.82, 2.24) is 4.57 Å². The number of benzene rings is 1. The summed E-state index contributed by atoms with van der Waals surface area (Å²) in [5.74, 6) is 0.660. The first-order valence-corrected chi connectivity index (χ1v) is 6.76. The van der Waals surface area contributed by atoms with Crippen molar-refractivity contribution < 1.29 is 0 Å². The van der Waals surface area contributed by atoms with Gasteiger partial charge in [0.1, 0.15) is 0 Å². The van der Waals surface area contributed by atoms with E-state index in [0.717, 1.165) is 16.6 Å². The van der Waals surface area contributed by atoms with Crippen molar-refractivity contribution in [3.8, 4) is 0 Å². The molecule has 0 saturated heterocycles. The molecule has 0 bridgehead atoms. The van der Waals surface area contributed by atoms with Gasteiger partial charge in [-0.25, -0.2) is 0 Å². The Morgan fingerprint density at radius 3 is 2.84 bits per heavy atom. The molecule has 1 aliphatic carbocycles. The minimum atomic E-state index is 0.00719. The third kappa shape index (κ3) is 2.24. The van der Waals surface area contributed by atoms with Gasteiger partial charge in [-0.15, -0.1) is 0 Å². The van der Waals surface area contributed by atoms with Crippen LogP contribution in [0.15, 0.2) is 35.1 Å². The first-order chi connectivity index (χ1) is 9.20. The van der Waals surface area contributed by atoms with Crippen LogP contribution in [0.5, 0.6) is 0 Å². The molecular weight excluding hydrogens is 238 g/mol. The van der Waals surface area contributed by atoms with Crippen LogP contribution in [0.25, 0.3) is 10.9 Å². The number of pyridine rings is 1. The second kappa shape index (κ2) is 4.70. The molecule has 2 aromatic rings. The van der Waals surface area contributed by atoms with E-state index in [4.69, 9.17) is 5.73 Å². The Balaban J connectivity index is 2.07. The van der Waals surface area contributed by atoms with Crippen LogP contribution >= 0.6 is 0 Å². The minimum Gasteiger partial charge on any atom is -0.380 e. The van der Waals surface area contributed by atoms with Gasteiger partial charge in [-0.2, -0.15) is 0 Å². The molecule has 4 heteroatoms. The molecule has 1 fully saturated rings. The summed E-state index contributed by atoms with van der Waals surface area (Å²) in [5, 5.41) is 4.54. The maximum Gasteiger partial charge on any atom is 0.252 e. The summed E-state index contributed by atoms with van der Waals surface area (Å²) in [6, 6.07) is 9.90. The van der Waals surface area contributed by atoms with Crippen LogP contribution in [0.4, 0.5) is 5.69 Å². The Kier molecular flexibility index (Phi) is 3.03. The van der Waals surface area contributed by atoms with Gasteiger partial charge in [0, 0.05) is 36.8 Å². The highest BCUT2D eigenvalue weighted by Crippen LogP contribution is 2.34. The lowest BCUT2D eigenvalue weighted by Gasteiger charge is -2.19. The topological polar surface area (TPSA) is 60.0 Å². The molecule has 1 atom stereocenters. The van der Waals surface area contributed by atoms with Crippen LogP contribution in [-0.2, 0) is 7.05 Å². The van der Waals surface area contributed by atoms with E-state index < -0.39 is 0 Å². The number of rotatable bonds is 4. The number of hydrogen-bond donors (Lipinski definition) is 2. The fourth-order valence-electron chi connectivity index (χ4n) is 2.60. The zero-order valence-corrected chi connectivity index (χ0v) is 11.1. The van der Waals surface area contributed by atoms with Crippen LogP contribution in [-0.4, -0.2) is 17.2 Å². The van der Waals surface area contributed by atoms with E-state index in [0.29, 0.717) is 12.5 Å². The number of fused-ring (bicyclic) bond motifs is 1. The maximum atomic E-state index is 12.0. The molecule has 3 N–H and O–H groups in total. The van der Waals surface area contributed by atoms with Crippen molar-refractivity contribution in [2.45, 2.75) is 18.9 Å². The number of anilines is 1. The van der Waals surface area contributed by atoms with E-state index in [1.807, 2.05) is 24.3 Å². The number of aryl methyl sites for hydroxylation is 1. The molecule has 3 rings (SSSR count). The summed E-state index contributed by atoms with van der Waals surface area (Å²) in [7, 11) is 1.80. The predicted octanol–water partition coefficient (Wildman–Crippen LogP) is 1.69. The smallest absolute Gasteiger partial charge is 0.252 e. The van der Waals surface area contributed by atoms with Gasteiger partial charge in [0.25, 0.3) is 5.56 Å². The standard InChI is InChI=1S/C15H19N3O/c1-18-14-5-3-2-4-11(14)12(8-15(18)19)17-13(9-16)10-6-7-10/h2-5,8,10,13,17H,6-7,9,16H2,1H3. The fourth-order valence-corrected chi connectivity index (χ4v) is 2.60. The lowest BCUT2D eigenvalue weighted by Crippen LogP contribution is -2.31. The molecule has 0 radical (unpaired) electrons. The highest BCUT2D eigenvalue weighted by Gasteiger charge is 2.30. The van der Waals surface area contributed by atoms with Gasteiger partial charge in [-0.1, -0.05) is 18.2 Å². The van der Waals surface area contributed by atoms with E-state index in [1.165, 1.54) is 12.8 Å². The van der Waals surface area contributed by atoms with Crippen molar-refractivity contribution >= 4 is 16.6 Å². The van der Waals surface area contributed by atoms with Gasteiger partial charge in [-0.3, -0.25) is 4.79 Å². The summed E-state index contributed by atoms with van der Waals surface area (Å²) >= 11 is 0. The molecule has 100 valence electrons. The zero-order chi connectivity index (χ0) is 13.4. The number of nitrogens with zero attached hydrogens (tertiary/aromatic N) is 1. The molecule has 1 aromatic heterocycles. The summed E-state index contributed by atoms with van der Waals surface area (Å²) in [5.41, 5.74) is 7.69. The Morgan fingerprint density at radius 2 is 2.16 bits per heavy atom. The number of para-hydroxylation sites is 1. The van der Waals surface area contributed by atoms with E-state index in [1.54, 1.807) is 17.7 Å². The van der Waals surface area contributed by atoms with Gasteiger partial charge < -0.3 is 15.6 Å². The predicted molar refractivity (Wildman–Crippen MR) is 78.4 cm³/mol. The average Bonchev–Trinajstić information content (AvgIpc) is 3.26. The molecule has 4 nitrogen and oxygen atoms in total. The highest BCUT2D eigenvalue weighted by atomic mass is 16.1. The number of hydrogen-bond acceptors (Lipinski definition) is 3. The number of nitrogens with two attached hydrogens (primary N) is 1. The molecule has 1 aromatic carbocycles. The SMILES string of the molecule is Cn1c(=O)cc(NC(CN)C2CC2)c2ccccc21. The third-order valence-electron chi connectivity index (χ3n) is 3.94. The van der Waals surface area contributed by atoms with Crippen molar-refractivity contribution in [2.75, 3.05) is 11.9 Å². The number of nitrogens with one attached hydrogen (secondary N) is 1. The normalized spacial score (nSPS) is 16.5. The molecule has 0 amide bonds. The Morgan fingerprint density at radius 1 is 1.42 bits per heavy atom. The quantitative estimate of drug-likeness (QED) is 0.876. The summed E-state index contributed by atoms with van der Waals surface area (Å²) in [4.78, 5) is 12.0. The van der Waals surface area contributed by atoms with Crippen molar-refractivity contribution in [3.63, 3.8) is 0 Å². The van der Waals surface area contributed by atoms with Crippen LogP contribution in [0.2, 0.25) is 0 Å². The highest BCUT2D eigenvalue weighted by molar-refractivity contribution is 5.91. The minimum absolute atomic E-state index is 0.00719. The van der Waals surface area contributed by atoms with E-state index in [9.17, 15) is 4.79 Å². The molecule has 0 spiro atoms. The Labute approximate surface area is 112 Å². The second-order valence-electron chi connectivity index (χ2n) is 5.30. The third-order valence-corrected chi connectivity index (χ3v) is 3.94. The lowest BCUT2D eigenvalue weighted by atomic mass is 10.1. The summed E-state index contributed by atoms with van der Waals surface area (Å²) in [6.45, 7) is 0.605. The van der Waals surface area contributed by atoms with Crippen molar-refractivity contribution in [2.24, 2.45) is 18.7 Å². The molecule has 1 saturated carbocycles. The Bertz CT molecular complexity index is 658. The van der Waals surface area contributed by atoms with Crippen LogP contribution in [0, 0.1) is 5.92 Å². The van der Waals surface area contributed by atoms with Crippen LogP contribution in [0.3, 0.4) is 0 Å². The van der Waals surface area contributed by atoms with E-state index in [-0.39, 0.29) is 11.6 Å². The lowest BCUT2D eigenvalue weighted by molar-refractivity contribution is 0.645. The zero-order valence-electron chi connectivity index (χ0n) is 11.1. The van der Waals surface area contributed by atoms with Gasteiger partial charge in [0.2, 0.25) is 0 Å². The molecule has 0 aliphatic heterocycles. The van der Waals surface area contributed by atoms with Gasteiger partial charge in [0.15, 0.2) is 0 Å². The Hall–Kier alpha value is -1.81. The maximum absolute atomic E-state index is 12.0. The van der Waals surface area contributed by atoms with E-state index >= 15 is 0 Å². The summed E-state index contributed by atoms with van der Waals surface area (Å²) < 4.78 is 1.68.